The first kappa shape index (κ1) is 18.2. The van der Waals surface area contributed by atoms with E-state index in [9.17, 15) is 19.7 Å². The van der Waals surface area contributed by atoms with Crippen LogP contribution >= 0.6 is 0 Å². The number of hydrogen-bond donors (Lipinski definition) is 1. The molecule has 1 aliphatic heterocycles. The van der Waals surface area contributed by atoms with E-state index in [1.165, 1.54) is 25.1 Å². The summed E-state index contributed by atoms with van der Waals surface area (Å²) in [5, 5.41) is 13.7. The van der Waals surface area contributed by atoms with Crippen LogP contribution in [0.15, 0.2) is 36.4 Å². The second-order valence-corrected chi connectivity index (χ2v) is 5.77. The second-order valence-electron chi connectivity index (χ2n) is 5.77. The summed E-state index contributed by atoms with van der Waals surface area (Å²) in [5.41, 5.74) is 0.599. The molecule has 0 atom stereocenters. The number of nitro groups is 1. The van der Waals surface area contributed by atoms with E-state index in [2.05, 4.69) is 5.32 Å². The van der Waals surface area contributed by atoms with Gasteiger partial charge in [-0.05, 0) is 30.7 Å². The molecule has 9 nitrogen and oxygen atoms in total. The van der Waals surface area contributed by atoms with Gasteiger partial charge in [-0.3, -0.25) is 14.9 Å². The number of rotatable bonds is 6. The van der Waals surface area contributed by atoms with Gasteiger partial charge in [0.05, 0.1) is 4.92 Å². The number of carbonyl (C=O) groups excluding carboxylic acids is 2. The minimum absolute atomic E-state index is 0.159. The molecule has 27 heavy (non-hydrogen) atoms. The molecule has 0 fully saturated rings. The predicted octanol–water partition coefficient (Wildman–Crippen LogP) is 2.11. The Balaban J connectivity index is 1.54. The largest absolute Gasteiger partial charge is 0.454 e. The van der Waals surface area contributed by atoms with Crippen molar-refractivity contribution in [3.8, 4) is 11.5 Å². The van der Waals surface area contributed by atoms with Gasteiger partial charge in [0, 0.05) is 12.1 Å². The number of benzene rings is 2. The highest BCUT2D eigenvalue weighted by Crippen LogP contribution is 2.32. The maximum Gasteiger partial charge on any atom is 0.345 e. The van der Waals surface area contributed by atoms with Gasteiger partial charge in [0.25, 0.3) is 11.6 Å². The number of fused-ring (bicyclic) bond motifs is 1. The summed E-state index contributed by atoms with van der Waals surface area (Å²) in [6, 6.07) is 9.57. The molecule has 0 bridgehead atoms. The van der Waals surface area contributed by atoms with Crippen molar-refractivity contribution in [2.24, 2.45) is 0 Å². The van der Waals surface area contributed by atoms with Crippen LogP contribution in [0.2, 0.25) is 0 Å². The molecular formula is C18H16N2O7. The summed E-state index contributed by atoms with van der Waals surface area (Å²) in [6.45, 7) is 1.34. The highest BCUT2D eigenvalue weighted by atomic mass is 16.7. The zero-order valence-corrected chi connectivity index (χ0v) is 14.4. The molecule has 2 aromatic carbocycles. The Kier molecular flexibility index (Phi) is 5.20. The summed E-state index contributed by atoms with van der Waals surface area (Å²) < 4.78 is 15.4. The highest BCUT2D eigenvalue weighted by molar-refractivity contribution is 5.95. The summed E-state index contributed by atoms with van der Waals surface area (Å²) in [5.74, 6) is -0.223. The van der Waals surface area contributed by atoms with Crippen LogP contribution in [0.25, 0.3) is 0 Å². The summed E-state index contributed by atoms with van der Waals surface area (Å²) in [4.78, 5) is 34.5. The van der Waals surface area contributed by atoms with E-state index in [-0.39, 0.29) is 24.6 Å². The van der Waals surface area contributed by atoms with Gasteiger partial charge < -0.3 is 19.5 Å². The third-order valence-corrected chi connectivity index (χ3v) is 3.90. The molecule has 140 valence electrons. The number of hydrogen-bond acceptors (Lipinski definition) is 7. The van der Waals surface area contributed by atoms with Crippen LogP contribution in [-0.2, 0) is 16.1 Å². The maximum absolute atomic E-state index is 12.1. The van der Waals surface area contributed by atoms with Crippen molar-refractivity contribution in [1.29, 1.82) is 0 Å². The zero-order chi connectivity index (χ0) is 19.4. The number of aryl methyl sites for hydroxylation is 1. The average Bonchev–Trinajstić information content (AvgIpc) is 3.11. The molecule has 9 heteroatoms. The Morgan fingerprint density at radius 3 is 2.78 bits per heavy atom. The fraction of sp³-hybridized carbons (Fsp3) is 0.222. The average molecular weight is 372 g/mol. The van der Waals surface area contributed by atoms with Gasteiger partial charge in [-0.1, -0.05) is 18.2 Å². The summed E-state index contributed by atoms with van der Waals surface area (Å²) in [7, 11) is 0. The number of carbonyl (C=O) groups is 2. The van der Waals surface area contributed by atoms with Gasteiger partial charge in [-0.15, -0.1) is 0 Å². The van der Waals surface area contributed by atoms with Crippen molar-refractivity contribution >= 4 is 17.6 Å². The van der Waals surface area contributed by atoms with Crippen LogP contribution < -0.4 is 14.8 Å². The lowest BCUT2D eigenvalue weighted by Gasteiger charge is -2.08. The lowest BCUT2D eigenvalue weighted by molar-refractivity contribution is -0.385. The maximum atomic E-state index is 12.1. The molecule has 2 aromatic rings. The standard InChI is InChI=1S/C18H16N2O7/c1-11-3-2-4-13(17(11)20(23)24)18(22)25-9-16(21)19-8-12-5-6-14-15(7-12)27-10-26-14/h2-7H,8-10H2,1H3,(H,19,21). The van der Waals surface area contributed by atoms with Gasteiger partial charge in [-0.25, -0.2) is 4.79 Å². The minimum atomic E-state index is -0.927. The van der Waals surface area contributed by atoms with Crippen molar-refractivity contribution in [3.05, 3.63) is 63.2 Å². The topological polar surface area (TPSA) is 117 Å². The smallest absolute Gasteiger partial charge is 0.345 e. The Bertz CT molecular complexity index is 911. The molecule has 1 heterocycles. The first-order valence-corrected chi connectivity index (χ1v) is 8.02. The Morgan fingerprint density at radius 1 is 1.22 bits per heavy atom. The number of nitro benzene ring substituents is 1. The first-order valence-electron chi connectivity index (χ1n) is 8.02. The third kappa shape index (κ3) is 4.14. The van der Waals surface area contributed by atoms with Crippen molar-refractivity contribution in [2.75, 3.05) is 13.4 Å². The number of ether oxygens (including phenoxy) is 3. The van der Waals surface area contributed by atoms with Crippen LogP contribution in [0, 0.1) is 17.0 Å². The van der Waals surface area contributed by atoms with E-state index in [4.69, 9.17) is 14.2 Å². The van der Waals surface area contributed by atoms with Crippen molar-refractivity contribution in [2.45, 2.75) is 13.5 Å². The third-order valence-electron chi connectivity index (χ3n) is 3.90. The van der Waals surface area contributed by atoms with Crippen molar-refractivity contribution in [1.82, 2.24) is 5.32 Å². The Morgan fingerprint density at radius 2 is 2.00 bits per heavy atom. The fourth-order valence-corrected chi connectivity index (χ4v) is 2.58. The van der Waals surface area contributed by atoms with Crippen LogP contribution in [-0.4, -0.2) is 30.2 Å². The Hall–Kier alpha value is -3.62. The minimum Gasteiger partial charge on any atom is -0.454 e. The highest BCUT2D eigenvalue weighted by Gasteiger charge is 2.24. The quantitative estimate of drug-likeness (QED) is 0.469. The molecule has 0 unspecified atom stereocenters. The summed E-state index contributed by atoms with van der Waals surface area (Å²) in [6.07, 6.45) is 0. The normalized spacial score (nSPS) is 11.7. The first-order chi connectivity index (χ1) is 13.0. The van der Waals surface area contributed by atoms with Crippen LogP contribution in [0.5, 0.6) is 11.5 Å². The van der Waals surface area contributed by atoms with E-state index < -0.39 is 23.4 Å². The molecule has 1 N–H and O–H groups in total. The van der Waals surface area contributed by atoms with Gasteiger partial charge in [0.15, 0.2) is 18.1 Å². The monoisotopic (exact) mass is 372 g/mol. The van der Waals surface area contributed by atoms with E-state index in [0.29, 0.717) is 17.1 Å². The molecular weight excluding hydrogens is 356 g/mol. The van der Waals surface area contributed by atoms with E-state index >= 15 is 0 Å². The fourth-order valence-electron chi connectivity index (χ4n) is 2.58. The lowest BCUT2D eigenvalue weighted by atomic mass is 10.1. The van der Waals surface area contributed by atoms with E-state index in [1.807, 2.05) is 0 Å². The van der Waals surface area contributed by atoms with Crippen LogP contribution in [0.3, 0.4) is 0 Å². The van der Waals surface area contributed by atoms with Gasteiger partial charge in [0.1, 0.15) is 5.56 Å². The van der Waals surface area contributed by atoms with Gasteiger partial charge in [-0.2, -0.15) is 0 Å². The molecule has 0 saturated carbocycles. The lowest BCUT2D eigenvalue weighted by Crippen LogP contribution is -2.28. The molecule has 0 spiro atoms. The van der Waals surface area contributed by atoms with Crippen molar-refractivity contribution in [3.63, 3.8) is 0 Å². The molecule has 0 aromatic heterocycles. The number of esters is 1. The number of nitrogens with zero attached hydrogens (tertiary/aromatic N) is 1. The Labute approximate surface area is 154 Å². The molecule has 0 saturated heterocycles. The van der Waals surface area contributed by atoms with Crippen LogP contribution in [0.1, 0.15) is 21.5 Å². The molecule has 1 amide bonds. The number of nitrogens with one attached hydrogen (secondary N) is 1. The molecule has 1 aliphatic rings. The summed E-state index contributed by atoms with van der Waals surface area (Å²) >= 11 is 0. The van der Waals surface area contributed by atoms with Crippen LogP contribution in [0.4, 0.5) is 5.69 Å². The van der Waals surface area contributed by atoms with Gasteiger partial charge in [0.2, 0.25) is 6.79 Å². The number of amides is 1. The molecule has 3 rings (SSSR count). The zero-order valence-electron chi connectivity index (χ0n) is 14.4. The van der Waals surface area contributed by atoms with Gasteiger partial charge >= 0.3 is 5.97 Å². The second kappa shape index (κ2) is 7.73. The molecule has 0 aliphatic carbocycles. The molecule has 0 radical (unpaired) electrons. The van der Waals surface area contributed by atoms with Crippen molar-refractivity contribution < 1.29 is 28.7 Å². The van der Waals surface area contributed by atoms with E-state index in [1.54, 1.807) is 18.2 Å². The number of para-hydroxylation sites is 1. The predicted molar refractivity (Wildman–Crippen MR) is 92.5 cm³/mol. The van der Waals surface area contributed by atoms with E-state index in [0.717, 1.165) is 5.56 Å². The SMILES string of the molecule is Cc1cccc(C(=O)OCC(=O)NCc2ccc3c(c2)OCO3)c1[N+](=O)[O-].